The zero-order valence-electron chi connectivity index (χ0n) is 12.7. The Morgan fingerprint density at radius 1 is 1.17 bits per heavy atom. The van der Waals surface area contributed by atoms with Crippen molar-refractivity contribution in [3.63, 3.8) is 0 Å². The zero-order valence-corrected chi connectivity index (χ0v) is 12.7. The second-order valence-corrected chi connectivity index (χ2v) is 5.09. The van der Waals surface area contributed by atoms with Gasteiger partial charge in [0.2, 0.25) is 0 Å². The normalized spacial score (nSPS) is 10.5. The van der Waals surface area contributed by atoms with E-state index in [0.717, 1.165) is 28.3 Å². The maximum atomic E-state index is 11.0. The number of aromatic nitrogens is 3. The van der Waals surface area contributed by atoms with Crippen LogP contribution in [0.15, 0.2) is 48.7 Å². The summed E-state index contributed by atoms with van der Waals surface area (Å²) in [6, 6.07) is 12.3. The Bertz CT molecular complexity index is 854. The molecule has 1 aromatic heterocycles. The number of aromatic carboxylic acids is 1. The Labute approximate surface area is 133 Å². The number of carboxylic acids is 1. The molecule has 0 amide bonds. The van der Waals surface area contributed by atoms with Gasteiger partial charge < -0.3 is 9.84 Å². The van der Waals surface area contributed by atoms with Gasteiger partial charge in [0.15, 0.2) is 0 Å². The molecular weight excluding hydrogens is 294 g/mol. The Balaban J connectivity index is 2.10. The lowest BCUT2D eigenvalue weighted by atomic mass is 10.1. The van der Waals surface area contributed by atoms with E-state index in [1.807, 2.05) is 25.1 Å². The second kappa shape index (κ2) is 5.92. The van der Waals surface area contributed by atoms with Crippen LogP contribution >= 0.6 is 0 Å². The molecule has 3 rings (SSSR count). The fourth-order valence-electron chi connectivity index (χ4n) is 2.38. The summed E-state index contributed by atoms with van der Waals surface area (Å²) < 4.78 is 7.07. The highest BCUT2D eigenvalue weighted by Gasteiger charge is 2.14. The van der Waals surface area contributed by atoms with E-state index in [1.54, 1.807) is 30.1 Å². The molecule has 0 bridgehead atoms. The van der Waals surface area contributed by atoms with E-state index in [9.17, 15) is 4.79 Å². The van der Waals surface area contributed by atoms with Crippen molar-refractivity contribution in [2.45, 2.75) is 6.92 Å². The van der Waals surface area contributed by atoms with E-state index in [-0.39, 0.29) is 5.56 Å². The molecule has 23 heavy (non-hydrogen) atoms. The number of nitrogens with zero attached hydrogens (tertiary/aromatic N) is 3. The standard InChI is InChI=1S/C17H15N3O3/c1-11-3-8-16(23-2)14(9-11)15-10-18-19-20(15)13-6-4-12(5-7-13)17(21)22/h3-10H,1-2H3,(H,21,22). The summed E-state index contributed by atoms with van der Waals surface area (Å²) in [6.45, 7) is 2.00. The number of aryl methyl sites for hydroxylation is 1. The van der Waals surface area contributed by atoms with Gasteiger partial charge in [0.05, 0.1) is 30.3 Å². The summed E-state index contributed by atoms with van der Waals surface area (Å²) in [5.41, 5.74) is 3.69. The molecule has 116 valence electrons. The molecule has 0 spiro atoms. The Morgan fingerprint density at radius 3 is 2.57 bits per heavy atom. The lowest BCUT2D eigenvalue weighted by Crippen LogP contribution is -2.02. The van der Waals surface area contributed by atoms with Crippen molar-refractivity contribution < 1.29 is 14.6 Å². The van der Waals surface area contributed by atoms with Gasteiger partial charge in [-0.1, -0.05) is 16.8 Å². The summed E-state index contributed by atoms with van der Waals surface area (Å²) in [4.78, 5) is 11.0. The number of hydrogen-bond donors (Lipinski definition) is 1. The van der Waals surface area contributed by atoms with E-state index in [2.05, 4.69) is 10.3 Å². The molecular formula is C17H15N3O3. The molecule has 0 radical (unpaired) electrons. The summed E-state index contributed by atoms with van der Waals surface area (Å²) in [7, 11) is 1.62. The first-order valence-corrected chi connectivity index (χ1v) is 6.99. The molecule has 2 aromatic carbocycles. The minimum atomic E-state index is -0.962. The van der Waals surface area contributed by atoms with Gasteiger partial charge in [-0.15, -0.1) is 5.10 Å². The largest absolute Gasteiger partial charge is 0.496 e. The van der Waals surface area contributed by atoms with Gasteiger partial charge in [-0.05, 0) is 43.3 Å². The second-order valence-electron chi connectivity index (χ2n) is 5.09. The molecule has 0 aliphatic heterocycles. The Kier molecular flexibility index (Phi) is 3.80. The highest BCUT2D eigenvalue weighted by molar-refractivity contribution is 5.87. The van der Waals surface area contributed by atoms with Crippen LogP contribution in [0.3, 0.4) is 0 Å². The Hall–Kier alpha value is -3.15. The topological polar surface area (TPSA) is 77.2 Å². The van der Waals surface area contributed by atoms with Crippen molar-refractivity contribution in [3.8, 4) is 22.7 Å². The highest BCUT2D eigenvalue weighted by Crippen LogP contribution is 2.31. The molecule has 0 saturated carbocycles. The smallest absolute Gasteiger partial charge is 0.335 e. The molecule has 0 aliphatic rings. The third-order valence-electron chi connectivity index (χ3n) is 3.54. The van der Waals surface area contributed by atoms with Gasteiger partial charge in [0.1, 0.15) is 5.75 Å². The van der Waals surface area contributed by atoms with Gasteiger partial charge in [-0.25, -0.2) is 9.48 Å². The third-order valence-corrected chi connectivity index (χ3v) is 3.54. The molecule has 6 nitrogen and oxygen atoms in total. The average Bonchev–Trinajstić information content (AvgIpc) is 3.04. The van der Waals surface area contributed by atoms with Crippen molar-refractivity contribution in [2.75, 3.05) is 7.11 Å². The summed E-state index contributed by atoms with van der Waals surface area (Å²) >= 11 is 0. The van der Waals surface area contributed by atoms with Crippen molar-refractivity contribution in [1.29, 1.82) is 0 Å². The number of rotatable bonds is 4. The van der Waals surface area contributed by atoms with Crippen LogP contribution < -0.4 is 4.74 Å². The minimum Gasteiger partial charge on any atom is -0.496 e. The lowest BCUT2D eigenvalue weighted by molar-refractivity contribution is 0.0697. The van der Waals surface area contributed by atoms with E-state index < -0.39 is 5.97 Å². The number of benzene rings is 2. The number of carbonyl (C=O) groups is 1. The van der Waals surface area contributed by atoms with E-state index in [0.29, 0.717) is 0 Å². The molecule has 0 unspecified atom stereocenters. The predicted molar refractivity (Wildman–Crippen MR) is 85.0 cm³/mol. The molecule has 0 saturated heterocycles. The zero-order chi connectivity index (χ0) is 16.4. The SMILES string of the molecule is COc1ccc(C)cc1-c1cnnn1-c1ccc(C(=O)O)cc1. The molecule has 0 aliphatic carbocycles. The number of hydrogen-bond acceptors (Lipinski definition) is 4. The monoisotopic (exact) mass is 309 g/mol. The van der Waals surface area contributed by atoms with Crippen LogP contribution in [-0.4, -0.2) is 33.2 Å². The van der Waals surface area contributed by atoms with Crippen LogP contribution in [0.5, 0.6) is 5.75 Å². The van der Waals surface area contributed by atoms with Gasteiger partial charge in [-0.2, -0.15) is 0 Å². The van der Waals surface area contributed by atoms with Gasteiger partial charge >= 0.3 is 5.97 Å². The van der Waals surface area contributed by atoms with Crippen LogP contribution in [-0.2, 0) is 0 Å². The minimum absolute atomic E-state index is 0.226. The molecule has 6 heteroatoms. The molecule has 0 atom stereocenters. The fourth-order valence-corrected chi connectivity index (χ4v) is 2.38. The predicted octanol–water partition coefficient (Wildman–Crippen LogP) is 2.95. The van der Waals surface area contributed by atoms with E-state index >= 15 is 0 Å². The first kappa shape index (κ1) is 14.8. The summed E-state index contributed by atoms with van der Waals surface area (Å²) in [5.74, 6) is -0.239. The quantitative estimate of drug-likeness (QED) is 0.801. The molecule has 1 heterocycles. The van der Waals surface area contributed by atoms with Crippen LogP contribution in [0.25, 0.3) is 16.9 Å². The highest BCUT2D eigenvalue weighted by atomic mass is 16.5. The molecule has 3 aromatic rings. The molecule has 1 N–H and O–H groups in total. The first-order chi connectivity index (χ1) is 11.1. The van der Waals surface area contributed by atoms with Crippen molar-refractivity contribution >= 4 is 5.97 Å². The number of methoxy groups -OCH3 is 1. The van der Waals surface area contributed by atoms with Crippen molar-refractivity contribution in [1.82, 2.24) is 15.0 Å². The number of carboxylic acid groups (broad SMARTS) is 1. The third kappa shape index (κ3) is 2.78. The van der Waals surface area contributed by atoms with Crippen LogP contribution in [0, 0.1) is 6.92 Å². The maximum absolute atomic E-state index is 11.0. The van der Waals surface area contributed by atoms with Crippen LogP contribution in [0.1, 0.15) is 15.9 Å². The van der Waals surface area contributed by atoms with Crippen molar-refractivity contribution in [2.24, 2.45) is 0 Å². The van der Waals surface area contributed by atoms with Gasteiger partial charge in [0, 0.05) is 5.56 Å². The lowest BCUT2D eigenvalue weighted by Gasteiger charge is -2.11. The van der Waals surface area contributed by atoms with E-state index in [4.69, 9.17) is 9.84 Å². The summed E-state index contributed by atoms with van der Waals surface area (Å²) in [6.07, 6.45) is 1.66. The summed E-state index contributed by atoms with van der Waals surface area (Å²) in [5, 5.41) is 17.1. The maximum Gasteiger partial charge on any atom is 0.335 e. The molecule has 0 fully saturated rings. The van der Waals surface area contributed by atoms with Crippen molar-refractivity contribution in [3.05, 3.63) is 59.8 Å². The first-order valence-electron chi connectivity index (χ1n) is 6.99. The Morgan fingerprint density at radius 2 is 1.91 bits per heavy atom. The average molecular weight is 309 g/mol. The van der Waals surface area contributed by atoms with Crippen LogP contribution in [0.4, 0.5) is 0 Å². The number of ether oxygens (including phenoxy) is 1. The van der Waals surface area contributed by atoms with Gasteiger partial charge in [-0.3, -0.25) is 0 Å². The van der Waals surface area contributed by atoms with Gasteiger partial charge in [0.25, 0.3) is 0 Å². The van der Waals surface area contributed by atoms with E-state index in [1.165, 1.54) is 12.1 Å². The van der Waals surface area contributed by atoms with Crippen LogP contribution in [0.2, 0.25) is 0 Å². The fraction of sp³-hybridized carbons (Fsp3) is 0.118.